The predicted molar refractivity (Wildman–Crippen MR) is 79.6 cm³/mol. The monoisotopic (exact) mass is 285 g/mol. The number of benzene rings is 1. The summed E-state index contributed by atoms with van der Waals surface area (Å²) in [5.41, 5.74) is 1.08. The van der Waals surface area contributed by atoms with Crippen LogP contribution in [0, 0.1) is 0 Å². The van der Waals surface area contributed by atoms with Crippen LogP contribution in [0.4, 0.5) is 0 Å². The lowest BCUT2D eigenvalue weighted by Gasteiger charge is -2.18. The van der Waals surface area contributed by atoms with Crippen LogP contribution in [0.3, 0.4) is 0 Å². The maximum Gasteiger partial charge on any atom is 0.161 e. The van der Waals surface area contributed by atoms with Gasteiger partial charge in [-0.1, -0.05) is 13.0 Å². The number of ether oxygens (including phenoxy) is 2. The second kappa shape index (κ2) is 6.54. The lowest BCUT2D eigenvalue weighted by molar-refractivity contribution is 0.297. The summed E-state index contributed by atoms with van der Waals surface area (Å²) in [5.74, 6) is 2.36. The van der Waals surface area contributed by atoms with Crippen molar-refractivity contribution in [3.63, 3.8) is 0 Å². The molecule has 0 saturated heterocycles. The molecule has 0 amide bonds. The van der Waals surface area contributed by atoms with Crippen molar-refractivity contribution >= 4 is 0 Å². The fraction of sp³-hybridized carbons (Fsp3) is 0.375. The molecule has 21 heavy (non-hydrogen) atoms. The summed E-state index contributed by atoms with van der Waals surface area (Å²) in [7, 11) is 0. The molecule has 1 atom stereocenters. The van der Waals surface area contributed by atoms with Gasteiger partial charge in [0.25, 0.3) is 0 Å². The van der Waals surface area contributed by atoms with Crippen LogP contribution in [-0.2, 0) is 0 Å². The Kier molecular flexibility index (Phi) is 4.31. The van der Waals surface area contributed by atoms with Crippen LogP contribution in [0.25, 0.3) is 0 Å². The Labute approximate surface area is 124 Å². The zero-order valence-corrected chi connectivity index (χ0v) is 12.1. The van der Waals surface area contributed by atoms with Gasteiger partial charge in [0.1, 0.15) is 5.82 Å². The zero-order valence-electron chi connectivity index (χ0n) is 12.1. The minimum absolute atomic E-state index is 0.0478. The number of aromatic nitrogens is 2. The third-order valence-corrected chi connectivity index (χ3v) is 3.36. The van der Waals surface area contributed by atoms with E-state index in [1.165, 1.54) is 0 Å². The van der Waals surface area contributed by atoms with Crippen molar-refractivity contribution in [1.29, 1.82) is 0 Å². The lowest BCUT2D eigenvalue weighted by Crippen LogP contribution is -2.24. The van der Waals surface area contributed by atoms with Crippen molar-refractivity contribution in [3.8, 4) is 11.5 Å². The van der Waals surface area contributed by atoms with Gasteiger partial charge in [0.15, 0.2) is 11.5 Å². The smallest absolute Gasteiger partial charge is 0.161 e. The predicted octanol–water partition coefficient (Wildman–Crippen LogP) is 2.34. The van der Waals surface area contributed by atoms with Crippen LogP contribution in [0.2, 0.25) is 0 Å². The first-order valence-electron chi connectivity index (χ1n) is 7.28. The van der Waals surface area contributed by atoms with Gasteiger partial charge in [-0.3, -0.25) is 0 Å². The first-order valence-corrected chi connectivity index (χ1v) is 7.28. The number of hydrogen-bond donors (Lipinski definition) is 1. The van der Waals surface area contributed by atoms with Gasteiger partial charge in [0, 0.05) is 18.8 Å². The second-order valence-electron chi connectivity index (χ2n) is 4.85. The van der Waals surface area contributed by atoms with Gasteiger partial charge in [0.2, 0.25) is 0 Å². The normalized spacial score (nSPS) is 15.3. The van der Waals surface area contributed by atoms with Gasteiger partial charge in [-0.2, -0.15) is 0 Å². The highest BCUT2D eigenvalue weighted by atomic mass is 16.5. The molecule has 110 valence electrons. The SMILES string of the molecule is CCNC(c1ccc2c(c1)OCCCO2)c1ncccn1. The van der Waals surface area contributed by atoms with E-state index in [-0.39, 0.29) is 6.04 Å². The van der Waals surface area contributed by atoms with E-state index in [2.05, 4.69) is 22.2 Å². The molecule has 1 aromatic carbocycles. The van der Waals surface area contributed by atoms with Crippen molar-refractivity contribution in [2.75, 3.05) is 19.8 Å². The number of nitrogens with one attached hydrogen (secondary N) is 1. The van der Waals surface area contributed by atoms with E-state index in [1.54, 1.807) is 12.4 Å². The maximum atomic E-state index is 5.76. The van der Waals surface area contributed by atoms with E-state index in [0.29, 0.717) is 13.2 Å². The molecular formula is C16H19N3O2. The van der Waals surface area contributed by atoms with Crippen molar-refractivity contribution < 1.29 is 9.47 Å². The zero-order chi connectivity index (χ0) is 14.5. The summed E-state index contributed by atoms with van der Waals surface area (Å²) < 4.78 is 11.4. The summed E-state index contributed by atoms with van der Waals surface area (Å²) in [5, 5.41) is 3.42. The molecule has 5 heteroatoms. The molecule has 0 radical (unpaired) electrons. The van der Waals surface area contributed by atoms with Gasteiger partial charge in [0.05, 0.1) is 19.3 Å². The summed E-state index contributed by atoms with van der Waals surface area (Å²) in [6, 6.07) is 7.79. The van der Waals surface area contributed by atoms with Crippen molar-refractivity contribution in [2.24, 2.45) is 0 Å². The Hall–Kier alpha value is -2.14. The first-order chi connectivity index (χ1) is 10.4. The third kappa shape index (κ3) is 3.13. The molecule has 0 fully saturated rings. The van der Waals surface area contributed by atoms with Crippen LogP contribution < -0.4 is 14.8 Å². The number of rotatable bonds is 4. The Bertz CT molecular complexity index is 589. The van der Waals surface area contributed by atoms with Crippen LogP contribution in [0.15, 0.2) is 36.7 Å². The summed E-state index contributed by atoms with van der Waals surface area (Å²) in [6.45, 7) is 4.28. The Balaban J connectivity index is 1.94. The van der Waals surface area contributed by atoms with Gasteiger partial charge in [-0.05, 0) is 30.3 Å². The highest BCUT2D eigenvalue weighted by molar-refractivity contribution is 5.45. The molecular weight excluding hydrogens is 266 g/mol. The Morgan fingerprint density at radius 2 is 1.90 bits per heavy atom. The summed E-state index contributed by atoms with van der Waals surface area (Å²) >= 11 is 0. The van der Waals surface area contributed by atoms with Crippen molar-refractivity contribution in [2.45, 2.75) is 19.4 Å². The molecule has 1 N–H and O–H groups in total. The third-order valence-electron chi connectivity index (χ3n) is 3.36. The molecule has 5 nitrogen and oxygen atoms in total. The van der Waals surface area contributed by atoms with E-state index >= 15 is 0 Å². The molecule has 2 aromatic rings. The molecule has 0 saturated carbocycles. The second-order valence-corrected chi connectivity index (χ2v) is 4.85. The molecule has 0 spiro atoms. The van der Waals surface area contributed by atoms with Gasteiger partial charge in [-0.15, -0.1) is 0 Å². The molecule has 3 rings (SSSR count). The largest absolute Gasteiger partial charge is 0.490 e. The average Bonchev–Trinajstić information content (AvgIpc) is 2.78. The quantitative estimate of drug-likeness (QED) is 0.934. The first kappa shape index (κ1) is 13.8. The summed E-state index contributed by atoms with van der Waals surface area (Å²) in [4.78, 5) is 8.72. The fourth-order valence-corrected chi connectivity index (χ4v) is 2.38. The topological polar surface area (TPSA) is 56.3 Å². The maximum absolute atomic E-state index is 5.76. The standard InChI is InChI=1S/C16H19N3O2/c1-2-17-15(16-18-7-3-8-19-16)12-5-6-13-14(11-12)21-10-4-9-20-13/h3,5-8,11,15,17H,2,4,9-10H2,1H3. The molecule has 0 bridgehead atoms. The van der Waals surface area contributed by atoms with Crippen molar-refractivity contribution in [1.82, 2.24) is 15.3 Å². The molecule has 2 heterocycles. The van der Waals surface area contributed by atoms with Gasteiger partial charge in [-0.25, -0.2) is 9.97 Å². The van der Waals surface area contributed by atoms with Crippen LogP contribution in [0.5, 0.6) is 11.5 Å². The van der Waals surface area contributed by atoms with E-state index in [9.17, 15) is 0 Å². The minimum Gasteiger partial charge on any atom is -0.490 e. The van der Waals surface area contributed by atoms with Crippen LogP contribution >= 0.6 is 0 Å². The Morgan fingerprint density at radius 3 is 2.67 bits per heavy atom. The van der Waals surface area contributed by atoms with E-state index in [1.807, 2.05) is 24.3 Å². The van der Waals surface area contributed by atoms with Crippen molar-refractivity contribution in [3.05, 3.63) is 48.0 Å². The Morgan fingerprint density at radius 1 is 1.14 bits per heavy atom. The number of fused-ring (bicyclic) bond motifs is 1. The van der Waals surface area contributed by atoms with E-state index in [4.69, 9.17) is 9.47 Å². The summed E-state index contributed by atoms with van der Waals surface area (Å²) in [6.07, 6.45) is 4.42. The van der Waals surface area contributed by atoms with E-state index < -0.39 is 0 Å². The van der Waals surface area contributed by atoms with E-state index in [0.717, 1.165) is 35.9 Å². The average molecular weight is 285 g/mol. The fourth-order valence-electron chi connectivity index (χ4n) is 2.38. The molecule has 1 aliphatic rings. The van der Waals surface area contributed by atoms with Gasteiger partial charge < -0.3 is 14.8 Å². The lowest BCUT2D eigenvalue weighted by atomic mass is 10.1. The van der Waals surface area contributed by atoms with Crippen LogP contribution in [0.1, 0.15) is 30.8 Å². The molecule has 1 unspecified atom stereocenters. The van der Waals surface area contributed by atoms with Gasteiger partial charge >= 0.3 is 0 Å². The molecule has 1 aromatic heterocycles. The highest BCUT2D eigenvalue weighted by Gasteiger charge is 2.19. The number of hydrogen-bond acceptors (Lipinski definition) is 5. The molecule has 0 aliphatic carbocycles. The highest BCUT2D eigenvalue weighted by Crippen LogP contribution is 2.33. The number of nitrogens with zero attached hydrogens (tertiary/aromatic N) is 2. The van der Waals surface area contributed by atoms with Crippen LogP contribution in [-0.4, -0.2) is 29.7 Å². The molecule has 1 aliphatic heterocycles. The minimum atomic E-state index is -0.0478.